The molecule has 0 amide bonds. The summed E-state index contributed by atoms with van der Waals surface area (Å²) >= 11 is 1.76. The predicted molar refractivity (Wildman–Crippen MR) is 81.3 cm³/mol. The van der Waals surface area contributed by atoms with Gasteiger partial charge in [-0.05, 0) is 32.4 Å². The summed E-state index contributed by atoms with van der Waals surface area (Å²) in [5.74, 6) is 1.36. The molecule has 1 N–H and O–H groups in total. The summed E-state index contributed by atoms with van der Waals surface area (Å²) in [6.45, 7) is 6.00. The van der Waals surface area contributed by atoms with E-state index in [-0.39, 0.29) is 5.76 Å². The number of hydrogen-bond donors (Lipinski definition) is 1. The Morgan fingerprint density at radius 3 is 2.30 bits per heavy atom. The molecule has 1 aromatic heterocycles. The van der Waals surface area contributed by atoms with Crippen LogP contribution in [-0.2, 0) is 11.5 Å². The third-order valence-corrected chi connectivity index (χ3v) is 4.09. The van der Waals surface area contributed by atoms with E-state index in [4.69, 9.17) is 9.52 Å². The van der Waals surface area contributed by atoms with E-state index < -0.39 is 5.97 Å². The molecular formula is C16H18O3S. The first-order valence-electron chi connectivity index (χ1n) is 6.43. The topological polar surface area (TPSA) is 50.4 Å². The highest BCUT2D eigenvalue weighted by Crippen LogP contribution is 2.23. The zero-order chi connectivity index (χ0) is 14.7. The number of furan rings is 1. The normalized spacial score (nSPS) is 10.8. The van der Waals surface area contributed by atoms with Crippen LogP contribution in [0.15, 0.2) is 28.7 Å². The fourth-order valence-corrected chi connectivity index (χ4v) is 3.21. The molecule has 0 atom stereocenters. The second-order valence-corrected chi connectivity index (χ2v) is 5.97. The van der Waals surface area contributed by atoms with Crippen molar-refractivity contribution < 1.29 is 14.3 Å². The van der Waals surface area contributed by atoms with Crippen molar-refractivity contribution in [2.24, 2.45) is 0 Å². The molecule has 2 rings (SSSR count). The second-order valence-electron chi connectivity index (χ2n) is 4.99. The molecule has 0 aliphatic rings. The molecule has 106 valence electrons. The van der Waals surface area contributed by atoms with Crippen LogP contribution >= 0.6 is 11.8 Å². The summed E-state index contributed by atoms with van der Waals surface area (Å²) in [4.78, 5) is 10.8. The molecule has 0 saturated carbocycles. The number of hydrogen-bond acceptors (Lipinski definition) is 3. The molecule has 4 heteroatoms. The summed E-state index contributed by atoms with van der Waals surface area (Å²) in [5.41, 5.74) is 4.80. The minimum atomic E-state index is -1.02. The minimum absolute atomic E-state index is 0.0181. The smallest absolute Gasteiger partial charge is 0.371 e. The lowest BCUT2D eigenvalue weighted by Gasteiger charge is -2.04. The second kappa shape index (κ2) is 6.18. The Morgan fingerprint density at radius 1 is 1.10 bits per heavy atom. The number of benzene rings is 1. The van der Waals surface area contributed by atoms with Crippen molar-refractivity contribution in [3.05, 3.63) is 58.0 Å². The molecule has 0 bridgehead atoms. The summed E-state index contributed by atoms with van der Waals surface area (Å²) in [7, 11) is 0. The molecule has 1 aromatic carbocycles. The van der Waals surface area contributed by atoms with Crippen LogP contribution in [0.2, 0.25) is 0 Å². The van der Waals surface area contributed by atoms with Crippen LogP contribution in [-0.4, -0.2) is 11.1 Å². The average Bonchev–Trinajstić information content (AvgIpc) is 2.70. The molecule has 0 unspecified atom stereocenters. The number of carboxylic acid groups (broad SMARTS) is 1. The summed E-state index contributed by atoms with van der Waals surface area (Å²) in [6, 6.07) is 8.15. The van der Waals surface area contributed by atoms with Crippen LogP contribution in [0.4, 0.5) is 0 Å². The third-order valence-electron chi connectivity index (χ3n) is 3.04. The molecule has 0 spiro atoms. The van der Waals surface area contributed by atoms with Gasteiger partial charge in [0.1, 0.15) is 5.76 Å². The summed E-state index contributed by atoms with van der Waals surface area (Å²) < 4.78 is 5.20. The van der Waals surface area contributed by atoms with Crippen molar-refractivity contribution in [1.82, 2.24) is 0 Å². The van der Waals surface area contributed by atoms with E-state index in [2.05, 4.69) is 32.0 Å². The quantitative estimate of drug-likeness (QED) is 0.890. The molecule has 1 heterocycles. The van der Waals surface area contributed by atoms with Gasteiger partial charge in [-0.1, -0.05) is 29.3 Å². The van der Waals surface area contributed by atoms with E-state index in [0.29, 0.717) is 5.76 Å². The molecule has 0 fully saturated rings. The van der Waals surface area contributed by atoms with Crippen molar-refractivity contribution in [1.29, 1.82) is 0 Å². The van der Waals surface area contributed by atoms with E-state index in [1.54, 1.807) is 24.8 Å². The van der Waals surface area contributed by atoms with E-state index in [1.165, 1.54) is 16.7 Å². The Labute approximate surface area is 123 Å². The molecule has 2 aromatic rings. The third kappa shape index (κ3) is 3.67. The molecule has 0 aliphatic carbocycles. The standard InChI is InChI=1S/C16H18O3S/c1-10-4-11(2)6-13(5-10)8-20-9-14-7-15(16(17)18)19-12(14)3/h4-7H,8-9H2,1-3H3,(H,17,18). The Kier molecular flexibility index (Phi) is 4.55. The van der Waals surface area contributed by atoms with Gasteiger partial charge in [0.15, 0.2) is 0 Å². The molecule has 3 nitrogen and oxygen atoms in total. The molecular weight excluding hydrogens is 272 g/mol. The number of aryl methyl sites for hydroxylation is 3. The molecule has 20 heavy (non-hydrogen) atoms. The van der Waals surface area contributed by atoms with Crippen molar-refractivity contribution in [3.8, 4) is 0 Å². The SMILES string of the molecule is Cc1cc(C)cc(CSCc2cc(C(=O)O)oc2C)c1. The molecule has 0 radical (unpaired) electrons. The van der Waals surface area contributed by atoms with Crippen LogP contribution in [0.25, 0.3) is 0 Å². The van der Waals surface area contributed by atoms with Crippen molar-refractivity contribution in [2.75, 3.05) is 0 Å². The minimum Gasteiger partial charge on any atom is -0.475 e. The van der Waals surface area contributed by atoms with Crippen LogP contribution in [0.1, 0.15) is 38.6 Å². The number of carboxylic acids is 1. The Bertz CT molecular complexity index is 608. The maximum Gasteiger partial charge on any atom is 0.371 e. The van der Waals surface area contributed by atoms with Gasteiger partial charge in [0.25, 0.3) is 0 Å². The zero-order valence-corrected chi connectivity index (χ0v) is 12.7. The van der Waals surface area contributed by atoms with Gasteiger partial charge in [0.05, 0.1) is 0 Å². The maximum atomic E-state index is 10.8. The highest BCUT2D eigenvalue weighted by Gasteiger charge is 2.12. The van der Waals surface area contributed by atoms with E-state index in [9.17, 15) is 4.79 Å². The van der Waals surface area contributed by atoms with Crippen LogP contribution in [0.5, 0.6) is 0 Å². The average molecular weight is 290 g/mol. The van der Waals surface area contributed by atoms with Crippen LogP contribution in [0.3, 0.4) is 0 Å². The highest BCUT2D eigenvalue weighted by atomic mass is 32.2. The van der Waals surface area contributed by atoms with E-state index in [0.717, 1.165) is 17.1 Å². The lowest BCUT2D eigenvalue weighted by Crippen LogP contribution is -1.91. The van der Waals surface area contributed by atoms with E-state index >= 15 is 0 Å². The number of rotatable bonds is 5. The van der Waals surface area contributed by atoms with Crippen LogP contribution in [0, 0.1) is 20.8 Å². The largest absolute Gasteiger partial charge is 0.475 e. The van der Waals surface area contributed by atoms with Crippen molar-refractivity contribution >= 4 is 17.7 Å². The first kappa shape index (κ1) is 14.7. The van der Waals surface area contributed by atoms with Gasteiger partial charge in [-0.25, -0.2) is 4.79 Å². The summed E-state index contributed by atoms with van der Waals surface area (Å²) in [6.07, 6.45) is 0. The predicted octanol–water partition coefficient (Wildman–Crippen LogP) is 4.34. The van der Waals surface area contributed by atoms with Gasteiger partial charge in [0.2, 0.25) is 5.76 Å². The first-order valence-corrected chi connectivity index (χ1v) is 7.58. The number of carbonyl (C=O) groups is 1. The Hall–Kier alpha value is -1.68. The Balaban J connectivity index is 1.97. The van der Waals surface area contributed by atoms with Gasteiger partial charge in [-0.2, -0.15) is 11.8 Å². The van der Waals surface area contributed by atoms with Crippen LogP contribution < -0.4 is 0 Å². The van der Waals surface area contributed by atoms with Gasteiger partial charge in [-0.3, -0.25) is 0 Å². The maximum absolute atomic E-state index is 10.8. The number of aromatic carboxylic acids is 1. The van der Waals surface area contributed by atoms with Crippen molar-refractivity contribution in [2.45, 2.75) is 32.3 Å². The first-order chi connectivity index (χ1) is 9.45. The fourth-order valence-electron chi connectivity index (χ4n) is 2.20. The lowest BCUT2D eigenvalue weighted by atomic mass is 10.1. The lowest BCUT2D eigenvalue weighted by molar-refractivity contribution is 0.0661. The van der Waals surface area contributed by atoms with Gasteiger partial charge in [0, 0.05) is 17.1 Å². The monoisotopic (exact) mass is 290 g/mol. The van der Waals surface area contributed by atoms with Gasteiger partial charge >= 0.3 is 5.97 Å². The van der Waals surface area contributed by atoms with Crippen molar-refractivity contribution in [3.63, 3.8) is 0 Å². The molecule has 0 aliphatic heterocycles. The summed E-state index contributed by atoms with van der Waals surface area (Å²) in [5, 5.41) is 8.89. The van der Waals surface area contributed by atoms with Gasteiger partial charge < -0.3 is 9.52 Å². The highest BCUT2D eigenvalue weighted by molar-refractivity contribution is 7.97. The van der Waals surface area contributed by atoms with Gasteiger partial charge in [-0.15, -0.1) is 0 Å². The van der Waals surface area contributed by atoms with E-state index in [1.807, 2.05) is 0 Å². The Morgan fingerprint density at radius 2 is 1.75 bits per heavy atom. The zero-order valence-electron chi connectivity index (χ0n) is 11.9. The number of thioether (sulfide) groups is 1. The fraction of sp³-hybridized carbons (Fsp3) is 0.312. The molecule has 0 saturated heterocycles.